The van der Waals surface area contributed by atoms with E-state index in [2.05, 4.69) is 36.4 Å². The van der Waals surface area contributed by atoms with E-state index in [0.29, 0.717) is 16.0 Å². The van der Waals surface area contributed by atoms with Gasteiger partial charge in [0.15, 0.2) is 5.82 Å². The predicted molar refractivity (Wildman–Crippen MR) is 105 cm³/mol. The van der Waals surface area contributed by atoms with E-state index in [0.717, 1.165) is 15.7 Å². The number of benzene rings is 2. The van der Waals surface area contributed by atoms with Crippen LogP contribution in [-0.2, 0) is 4.79 Å². The quantitative estimate of drug-likeness (QED) is 0.551. The molecule has 0 bridgehead atoms. The first-order chi connectivity index (χ1) is 12.0. The summed E-state index contributed by atoms with van der Waals surface area (Å²) in [5.41, 5.74) is 1.63. The Labute approximate surface area is 162 Å². The Kier molecular flexibility index (Phi) is 5.78. The summed E-state index contributed by atoms with van der Waals surface area (Å²) >= 11 is 10.5. The molecule has 3 aromatic rings. The summed E-state index contributed by atoms with van der Waals surface area (Å²) in [6, 6.07) is 14.7. The number of carbonyl (C=O) groups excluding carboxylic acids is 1. The first-order valence-corrected chi connectivity index (χ1v) is 9.48. The first-order valence-electron chi connectivity index (χ1n) is 7.43. The molecule has 0 saturated heterocycles. The normalized spacial score (nSPS) is 12.0. The zero-order valence-electron chi connectivity index (χ0n) is 13.2. The first kappa shape index (κ1) is 18.0. The standard InChI is InChI=1S/C17H14BrClN4OS/c1-10(16(24)20-14-8-4-12(18)5-9-14)25-17-21-15(22-23-17)11-2-6-13(19)7-3-11/h2-10H,1H3,(H,20,24)(H,21,22,23). The molecule has 5 nitrogen and oxygen atoms in total. The average molecular weight is 438 g/mol. The highest BCUT2D eigenvalue weighted by atomic mass is 79.9. The van der Waals surface area contributed by atoms with Crippen LogP contribution in [0.5, 0.6) is 0 Å². The number of nitrogens with one attached hydrogen (secondary N) is 2. The molecule has 2 N–H and O–H groups in total. The molecule has 0 spiro atoms. The molecule has 25 heavy (non-hydrogen) atoms. The zero-order chi connectivity index (χ0) is 17.8. The number of thioether (sulfide) groups is 1. The van der Waals surface area contributed by atoms with Gasteiger partial charge in [0.1, 0.15) is 0 Å². The third kappa shape index (κ3) is 4.84. The highest BCUT2D eigenvalue weighted by Gasteiger charge is 2.17. The summed E-state index contributed by atoms with van der Waals surface area (Å²) in [6.07, 6.45) is 0. The monoisotopic (exact) mass is 436 g/mol. The van der Waals surface area contributed by atoms with Crippen molar-refractivity contribution in [1.29, 1.82) is 0 Å². The molecule has 1 atom stereocenters. The van der Waals surface area contributed by atoms with Gasteiger partial charge in [-0.05, 0) is 55.5 Å². The van der Waals surface area contributed by atoms with Crippen LogP contribution in [0.25, 0.3) is 11.4 Å². The van der Waals surface area contributed by atoms with Crippen LogP contribution < -0.4 is 5.32 Å². The number of halogens is 2. The van der Waals surface area contributed by atoms with Crippen LogP contribution >= 0.6 is 39.3 Å². The van der Waals surface area contributed by atoms with Gasteiger partial charge in [0.2, 0.25) is 11.1 Å². The van der Waals surface area contributed by atoms with Gasteiger partial charge in [-0.2, -0.15) is 0 Å². The molecule has 128 valence electrons. The van der Waals surface area contributed by atoms with Gasteiger partial charge in [-0.15, -0.1) is 5.10 Å². The van der Waals surface area contributed by atoms with E-state index in [9.17, 15) is 4.79 Å². The Hall–Kier alpha value is -1.83. The van der Waals surface area contributed by atoms with Crippen molar-refractivity contribution in [2.45, 2.75) is 17.3 Å². The second-order valence-corrected chi connectivity index (χ2v) is 7.89. The number of aromatic amines is 1. The van der Waals surface area contributed by atoms with E-state index in [1.54, 1.807) is 12.1 Å². The maximum Gasteiger partial charge on any atom is 0.237 e. The third-order valence-electron chi connectivity index (χ3n) is 3.35. The summed E-state index contributed by atoms with van der Waals surface area (Å²) in [6.45, 7) is 1.82. The molecule has 0 saturated carbocycles. The van der Waals surface area contributed by atoms with Gasteiger partial charge in [-0.3, -0.25) is 9.89 Å². The zero-order valence-corrected chi connectivity index (χ0v) is 16.3. The van der Waals surface area contributed by atoms with E-state index < -0.39 is 0 Å². The van der Waals surface area contributed by atoms with E-state index in [4.69, 9.17) is 11.6 Å². The van der Waals surface area contributed by atoms with Gasteiger partial charge in [-0.25, -0.2) is 4.98 Å². The van der Waals surface area contributed by atoms with Crippen LogP contribution in [0.1, 0.15) is 6.92 Å². The molecule has 8 heteroatoms. The Bertz CT molecular complexity index is 867. The van der Waals surface area contributed by atoms with Crippen LogP contribution in [0.3, 0.4) is 0 Å². The largest absolute Gasteiger partial charge is 0.325 e. The number of anilines is 1. The van der Waals surface area contributed by atoms with Gasteiger partial charge < -0.3 is 5.32 Å². The maximum absolute atomic E-state index is 12.3. The molecule has 1 unspecified atom stereocenters. The highest BCUT2D eigenvalue weighted by molar-refractivity contribution is 9.10. The molecule has 0 fully saturated rings. The number of hydrogen-bond donors (Lipinski definition) is 2. The second-order valence-electron chi connectivity index (χ2n) is 5.23. The second kappa shape index (κ2) is 8.03. The Balaban J connectivity index is 1.62. The number of carbonyl (C=O) groups is 1. The van der Waals surface area contributed by atoms with Crippen molar-refractivity contribution in [3.8, 4) is 11.4 Å². The van der Waals surface area contributed by atoms with Crippen molar-refractivity contribution in [2.75, 3.05) is 5.32 Å². The number of H-pyrrole nitrogens is 1. The van der Waals surface area contributed by atoms with Gasteiger partial charge >= 0.3 is 0 Å². The van der Waals surface area contributed by atoms with Crippen LogP contribution in [0.4, 0.5) is 5.69 Å². The van der Waals surface area contributed by atoms with Crippen molar-refractivity contribution in [3.63, 3.8) is 0 Å². The molecule has 1 amide bonds. The minimum absolute atomic E-state index is 0.106. The molecular weight excluding hydrogens is 424 g/mol. The molecule has 0 aliphatic carbocycles. The van der Waals surface area contributed by atoms with Gasteiger partial charge in [-0.1, -0.05) is 39.3 Å². The molecule has 1 heterocycles. The van der Waals surface area contributed by atoms with E-state index in [1.165, 1.54) is 11.8 Å². The molecule has 3 rings (SSSR count). The van der Waals surface area contributed by atoms with E-state index in [-0.39, 0.29) is 11.2 Å². The minimum atomic E-state index is -0.336. The fourth-order valence-corrected chi connectivity index (χ4v) is 3.14. The minimum Gasteiger partial charge on any atom is -0.325 e. The van der Waals surface area contributed by atoms with Crippen LogP contribution in [0.2, 0.25) is 5.02 Å². The molecule has 2 aromatic carbocycles. The molecule has 1 aromatic heterocycles. The summed E-state index contributed by atoms with van der Waals surface area (Å²) in [5, 5.41) is 10.8. The van der Waals surface area contributed by atoms with Crippen LogP contribution in [0, 0.1) is 0 Å². The number of amides is 1. The molecule has 0 radical (unpaired) electrons. The topological polar surface area (TPSA) is 70.7 Å². The summed E-state index contributed by atoms with van der Waals surface area (Å²) in [5.74, 6) is 0.532. The van der Waals surface area contributed by atoms with E-state index in [1.807, 2.05) is 43.3 Å². The number of rotatable bonds is 5. The fourth-order valence-electron chi connectivity index (χ4n) is 2.02. The molecule has 0 aliphatic heterocycles. The number of hydrogen-bond acceptors (Lipinski definition) is 4. The highest BCUT2D eigenvalue weighted by Crippen LogP contribution is 2.24. The van der Waals surface area contributed by atoms with Crippen LogP contribution in [-0.4, -0.2) is 26.3 Å². The van der Waals surface area contributed by atoms with E-state index >= 15 is 0 Å². The number of nitrogens with zero attached hydrogens (tertiary/aromatic N) is 2. The third-order valence-corrected chi connectivity index (χ3v) is 5.09. The van der Waals surface area contributed by atoms with Gasteiger partial charge in [0.25, 0.3) is 0 Å². The fraction of sp³-hybridized carbons (Fsp3) is 0.118. The lowest BCUT2D eigenvalue weighted by Gasteiger charge is -2.10. The lowest BCUT2D eigenvalue weighted by Crippen LogP contribution is -2.22. The van der Waals surface area contributed by atoms with Crippen molar-refractivity contribution in [3.05, 3.63) is 58.0 Å². The SMILES string of the molecule is CC(Sc1n[nH]c(-c2ccc(Cl)cc2)n1)C(=O)Nc1ccc(Br)cc1. The summed E-state index contributed by atoms with van der Waals surface area (Å²) < 4.78 is 0.961. The van der Waals surface area contributed by atoms with Gasteiger partial charge in [0, 0.05) is 20.7 Å². The average Bonchev–Trinajstić information content (AvgIpc) is 3.06. The molecular formula is C17H14BrClN4OS. The Morgan fingerprint density at radius 2 is 1.88 bits per heavy atom. The van der Waals surface area contributed by atoms with Crippen LogP contribution in [0.15, 0.2) is 58.2 Å². The predicted octanol–water partition coefficient (Wildman–Crippen LogP) is 5.01. The lowest BCUT2D eigenvalue weighted by atomic mass is 10.2. The maximum atomic E-state index is 12.3. The Morgan fingerprint density at radius 1 is 1.20 bits per heavy atom. The van der Waals surface area contributed by atoms with Gasteiger partial charge in [0.05, 0.1) is 5.25 Å². The Morgan fingerprint density at radius 3 is 2.56 bits per heavy atom. The molecule has 0 aliphatic rings. The van der Waals surface area contributed by atoms with Crippen molar-refractivity contribution in [2.24, 2.45) is 0 Å². The number of aromatic nitrogens is 3. The summed E-state index contributed by atoms with van der Waals surface area (Å²) in [7, 11) is 0. The lowest BCUT2D eigenvalue weighted by molar-refractivity contribution is -0.115. The smallest absolute Gasteiger partial charge is 0.237 e. The van der Waals surface area contributed by atoms with Crippen molar-refractivity contribution < 1.29 is 4.79 Å². The summed E-state index contributed by atoms with van der Waals surface area (Å²) in [4.78, 5) is 16.7. The van der Waals surface area contributed by atoms with Crippen molar-refractivity contribution in [1.82, 2.24) is 15.2 Å². The van der Waals surface area contributed by atoms with Crippen molar-refractivity contribution >= 4 is 50.9 Å².